The summed E-state index contributed by atoms with van der Waals surface area (Å²) in [6.45, 7) is 0. The quantitative estimate of drug-likeness (QED) is 0.424. The van der Waals surface area contributed by atoms with Gasteiger partial charge >= 0.3 is 0 Å². The van der Waals surface area contributed by atoms with Gasteiger partial charge in [0, 0.05) is 0 Å². The molecular weight excluding hydrogens is 84.1 g/mol. The SMILES string of the molecule is C1CC2C34CC23C14. The Morgan fingerprint density at radius 3 is 1.71 bits per heavy atom. The summed E-state index contributed by atoms with van der Waals surface area (Å²) in [5.74, 6) is 2.59. The third kappa shape index (κ3) is 0.0665. The van der Waals surface area contributed by atoms with E-state index < -0.39 is 0 Å². The lowest BCUT2D eigenvalue weighted by Gasteiger charge is -2.16. The predicted octanol–water partition coefficient (Wildman–Crippen LogP) is 1.42. The zero-order valence-electron chi connectivity index (χ0n) is 4.28. The summed E-state index contributed by atoms with van der Waals surface area (Å²) in [5, 5.41) is 0. The third-order valence-electron chi connectivity index (χ3n) is 4.39. The van der Waals surface area contributed by atoms with Crippen molar-refractivity contribution in [1.29, 1.82) is 0 Å². The molecule has 5 fully saturated rings. The minimum Gasteiger partial charge on any atom is -0.0490 e. The molecule has 0 amide bonds. The zero-order chi connectivity index (χ0) is 4.28. The predicted molar refractivity (Wildman–Crippen MR) is 25.7 cm³/mol. The van der Waals surface area contributed by atoms with Crippen LogP contribution in [0.25, 0.3) is 0 Å². The van der Waals surface area contributed by atoms with Crippen molar-refractivity contribution in [2.75, 3.05) is 0 Å². The van der Waals surface area contributed by atoms with E-state index in [-0.39, 0.29) is 0 Å². The van der Waals surface area contributed by atoms with Crippen LogP contribution >= 0.6 is 0 Å². The molecular formula is C7H8. The molecule has 0 atom stereocenters. The molecule has 2 bridgehead atoms. The second kappa shape index (κ2) is 0.340. The summed E-state index contributed by atoms with van der Waals surface area (Å²) >= 11 is 0. The van der Waals surface area contributed by atoms with Gasteiger partial charge in [0.2, 0.25) is 0 Å². The van der Waals surface area contributed by atoms with Gasteiger partial charge in [0.1, 0.15) is 0 Å². The fraction of sp³-hybridized carbons (Fsp3) is 1.00. The molecule has 0 unspecified atom stereocenters. The molecule has 0 heteroatoms. The molecule has 0 aromatic heterocycles. The molecule has 0 radical (unpaired) electrons. The van der Waals surface area contributed by atoms with Crippen LogP contribution in [0.1, 0.15) is 19.3 Å². The van der Waals surface area contributed by atoms with Crippen LogP contribution in [-0.2, 0) is 0 Å². The minimum absolute atomic E-state index is 1.09. The van der Waals surface area contributed by atoms with E-state index in [9.17, 15) is 0 Å². The van der Waals surface area contributed by atoms with Gasteiger partial charge in [-0.3, -0.25) is 0 Å². The van der Waals surface area contributed by atoms with E-state index in [1.165, 1.54) is 11.8 Å². The molecule has 5 saturated carbocycles. The van der Waals surface area contributed by atoms with Crippen LogP contribution in [0.5, 0.6) is 0 Å². The number of hydrogen-bond acceptors (Lipinski definition) is 0. The summed E-state index contributed by atoms with van der Waals surface area (Å²) in [4.78, 5) is 0. The van der Waals surface area contributed by atoms with Crippen molar-refractivity contribution >= 4 is 0 Å². The van der Waals surface area contributed by atoms with Crippen molar-refractivity contribution in [3.05, 3.63) is 0 Å². The molecule has 0 nitrogen and oxygen atoms in total. The van der Waals surface area contributed by atoms with Crippen molar-refractivity contribution < 1.29 is 0 Å². The zero-order valence-corrected chi connectivity index (χ0v) is 4.28. The third-order valence-corrected chi connectivity index (χ3v) is 4.39. The van der Waals surface area contributed by atoms with Gasteiger partial charge in [-0.25, -0.2) is 0 Å². The number of fused-ring (bicyclic) bond motifs is 1. The summed E-state index contributed by atoms with van der Waals surface area (Å²) < 4.78 is 0. The van der Waals surface area contributed by atoms with Crippen LogP contribution in [0.2, 0.25) is 0 Å². The Balaban J connectivity index is 2.18. The molecule has 0 aromatic rings. The highest BCUT2D eigenvalue weighted by atomic mass is 15.1. The van der Waals surface area contributed by atoms with Gasteiger partial charge in [-0.05, 0) is 41.9 Å². The van der Waals surface area contributed by atoms with Gasteiger partial charge in [0.25, 0.3) is 0 Å². The first-order valence-corrected chi connectivity index (χ1v) is 3.43. The maximum Gasteiger partial charge on any atom is -0.0162 e. The van der Waals surface area contributed by atoms with Crippen molar-refractivity contribution in [2.24, 2.45) is 22.7 Å². The first-order chi connectivity index (χ1) is 3.43. The summed E-state index contributed by atoms with van der Waals surface area (Å²) in [6, 6.07) is 0. The Morgan fingerprint density at radius 2 is 1.57 bits per heavy atom. The Hall–Kier alpha value is 0. The molecule has 5 aliphatic rings. The van der Waals surface area contributed by atoms with Crippen LogP contribution in [0.15, 0.2) is 0 Å². The largest absolute Gasteiger partial charge is 0.0490 e. The topological polar surface area (TPSA) is 0 Å². The molecule has 0 saturated heterocycles. The lowest BCUT2D eigenvalue weighted by molar-refractivity contribution is 0.311. The molecule has 0 N–H and O–H groups in total. The van der Waals surface area contributed by atoms with E-state index in [2.05, 4.69) is 0 Å². The number of hydrogen-bond donors (Lipinski definition) is 0. The summed E-state index contributed by atoms with van der Waals surface area (Å²) in [5.41, 5.74) is 2.18. The van der Waals surface area contributed by atoms with Gasteiger partial charge in [-0.2, -0.15) is 0 Å². The van der Waals surface area contributed by atoms with E-state index in [4.69, 9.17) is 0 Å². The molecule has 7 heavy (non-hydrogen) atoms. The van der Waals surface area contributed by atoms with Crippen molar-refractivity contribution in [2.45, 2.75) is 19.3 Å². The van der Waals surface area contributed by atoms with E-state index >= 15 is 0 Å². The Morgan fingerprint density at radius 1 is 1.00 bits per heavy atom. The highest BCUT2D eigenvalue weighted by Crippen LogP contribution is 3.16. The maximum atomic E-state index is 1.66. The first kappa shape index (κ1) is 2.52. The molecule has 36 valence electrons. The average Bonchev–Trinajstić information content (AvgIpc) is 2.45. The fourth-order valence-electron chi connectivity index (χ4n) is 3.91. The summed E-state index contributed by atoms with van der Waals surface area (Å²) in [7, 11) is 0. The van der Waals surface area contributed by atoms with E-state index in [1.807, 2.05) is 0 Å². The number of rotatable bonds is 0. The minimum atomic E-state index is 1.09. The Bertz CT molecular complexity index is 152. The lowest BCUT2D eigenvalue weighted by atomic mass is 9.88. The highest BCUT2D eigenvalue weighted by Gasteiger charge is 3.11. The smallest absolute Gasteiger partial charge is 0.0162 e. The fourth-order valence-corrected chi connectivity index (χ4v) is 3.91. The first-order valence-electron chi connectivity index (χ1n) is 3.43. The average molecular weight is 92.1 g/mol. The second-order valence-electron chi connectivity index (χ2n) is 3.94. The van der Waals surface area contributed by atoms with Gasteiger partial charge in [0.15, 0.2) is 0 Å². The standard InChI is InChI=1S/C7H8/c1-2-5-6-3-7(5,6)4(1)6/h4-5H,1-3H2. The van der Waals surface area contributed by atoms with Crippen molar-refractivity contribution in [3.63, 3.8) is 0 Å². The van der Waals surface area contributed by atoms with E-state index in [1.54, 1.807) is 19.3 Å². The van der Waals surface area contributed by atoms with Crippen molar-refractivity contribution in [1.82, 2.24) is 0 Å². The maximum absolute atomic E-state index is 1.66. The molecule has 5 aliphatic carbocycles. The van der Waals surface area contributed by atoms with Crippen LogP contribution in [0.3, 0.4) is 0 Å². The monoisotopic (exact) mass is 92.1 g/mol. The van der Waals surface area contributed by atoms with Crippen LogP contribution < -0.4 is 0 Å². The van der Waals surface area contributed by atoms with Crippen LogP contribution in [-0.4, -0.2) is 0 Å². The van der Waals surface area contributed by atoms with Gasteiger partial charge in [-0.15, -0.1) is 0 Å². The van der Waals surface area contributed by atoms with Gasteiger partial charge in [-0.1, -0.05) is 0 Å². The van der Waals surface area contributed by atoms with Gasteiger partial charge < -0.3 is 0 Å². The van der Waals surface area contributed by atoms with Crippen LogP contribution in [0, 0.1) is 22.7 Å². The van der Waals surface area contributed by atoms with Crippen LogP contribution in [0.4, 0.5) is 0 Å². The molecule has 0 aliphatic heterocycles. The van der Waals surface area contributed by atoms with E-state index in [0.717, 1.165) is 10.8 Å². The Kier molecular flexibility index (Phi) is 0.122. The van der Waals surface area contributed by atoms with Crippen molar-refractivity contribution in [3.8, 4) is 0 Å². The normalized spacial score (nSPS) is 96.0. The van der Waals surface area contributed by atoms with E-state index in [0.29, 0.717) is 0 Å². The second-order valence-corrected chi connectivity index (χ2v) is 3.94. The molecule has 5 rings (SSSR count). The molecule has 0 heterocycles. The molecule has 0 aromatic carbocycles. The Labute approximate surface area is 42.9 Å². The summed E-state index contributed by atoms with van der Waals surface area (Å²) in [6.07, 6.45) is 4.89. The van der Waals surface area contributed by atoms with Gasteiger partial charge in [0.05, 0.1) is 0 Å². The molecule has 2 spiro atoms. The highest BCUT2D eigenvalue weighted by molar-refractivity contribution is 5.58. The lowest BCUT2D eigenvalue weighted by Crippen LogP contribution is -2.11.